The molecule has 2 aliphatic heterocycles. The number of amides is 2. The van der Waals surface area contributed by atoms with E-state index in [1.54, 1.807) is 58.3 Å². The van der Waals surface area contributed by atoms with E-state index in [1.807, 2.05) is 6.92 Å². The summed E-state index contributed by atoms with van der Waals surface area (Å²) < 4.78 is 52.9. The van der Waals surface area contributed by atoms with Gasteiger partial charge in [-0.2, -0.15) is 4.31 Å². The number of ether oxygens (including phenoxy) is 2. The molecule has 1 fully saturated rings. The van der Waals surface area contributed by atoms with Crippen molar-refractivity contribution in [2.24, 2.45) is 0 Å². The molecule has 0 aromatic heterocycles. The van der Waals surface area contributed by atoms with E-state index in [4.69, 9.17) is 9.47 Å². The van der Waals surface area contributed by atoms with Gasteiger partial charge in [0.25, 0.3) is 5.91 Å². The van der Waals surface area contributed by atoms with Gasteiger partial charge in [0, 0.05) is 37.8 Å². The quantitative estimate of drug-likeness (QED) is 0.347. The van der Waals surface area contributed by atoms with Gasteiger partial charge in [0.2, 0.25) is 22.7 Å². The van der Waals surface area contributed by atoms with Gasteiger partial charge in [0.1, 0.15) is 5.82 Å². The Morgan fingerprint density at radius 1 is 0.952 bits per heavy atom. The summed E-state index contributed by atoms with van der Waals surface area (Å²) in [5, 5.41) is 0. The average molecular weight is 596 g/mol. The van der Waals surface area contributed by atoms with E-state index in [2.05, 4.69) is 0 Å². The van der Waals surface area contributed by atoms with Crippen molar-refractivity contribution in [2.45, 2.75) is 43.7 Å². The fraction of sp³-hybridized carbons (Fsp3) is 0.355. The van der Waals surface area contributed by atoms with Gasteiger partial charge in [-0.3, -0.25) is 9.59 Å². The molecule has 0 radical (unpaired) electrons. The second-order valence-electron chi connectivity index (χ2n) is 10.4. The molecule has 222 valence electrons. The largest absolute Gasteiger partial charge is 0.454 e. The molecule has 42 heavy (non-hydrogen) atoms. The highest BCUT2D eigenvalue weighted by Crippen LogP contribution is 2.33. The third-order valence-corrected chi connectivity index (χ3v) is 9.40. The Bertz CT molecular complexity index is 1530. The Morgan fingerprint density at radius 3 is 2.40 bits per heavy atom. The molecule has 9 nitrogen and oxygen atoms in total. The van der Waals surface area contributed by atoms with Crippen LogP contribution in [0.1, 0.15) is 42.1 Å². The third-order valence-electron chi connectivity index (χ3n) is 7.54. The number of carbonyl (C=O) groups excluding carboxylic acids is 2. The van der Waals surface area contributed by atoms with Crippen molar-refractivity contribution in [3.05, 3.63) is 89.7 Å². The van der Waals surface area contributed by atoms with Gasteiger partial charge in [-0.05, 0) is 67.3 Å². The number of nitrogens with zero attached hydrogens (tertiary/aromatic N) is 3. The van der Waals surface area contributed by atoms with E-state index in [-0.39, 0.29) is 49.2 Å². The van der Waals surface area contributed by atoms with Crippen molar-refractivity contribution in [1.82, 2.24) is 14.1 Å². The normalized spacial score (nSPS) is 15.2. The zero-order valence-corrected chi connectivity index (χ0v) is 24.3. The number of rotatable bonds is 10. The number of carbonyl (C=O) groups is 2. The molecule has 5 rings (SSSR count). The molecule has 0 saturated carbocycles. The van der Waals surface area contributed by atoms with Crippen LogP contribution < -0.4 is 9.47 Å². The van der Waals surface area contributed by atoms with E-state index in [9.17, 15) is 22.4 Å². The zero-order chi connectivity index (χ0) is 29.7. The lowest BCUT2D eigenvalue weighted by molar-refractivity contribution is -0.135. The van der Waals surface area contributed by atoms with E-state index in [0.29, 0.717) is 55.0 Å². The first-order valence-electron chi connectivity index (χ1n) is 14.0. The van der Waals surface area contributed by atoms with Crippen LogP contribution in [-0.4, -0.2) is 73.4 Å². The van der Waals surface area contributed by atoms with Crippen LogP contribution in [0.25, 0.3) is 0 Å². The number of piperidine rings is 1. The first-order chi connectivity index (χ1) is 20.3. The topological polar surface area (TPSA) is 96.5 Å². The monoisotopic (exact) mass is 595 g/mol. The minimum Gasteiger partial charge on any atom is -0.454 e. The number of halogens is 1. The van der Waals surface area contributed by atoms with E-state index < -0.39 is 15.8 Å². The fourth-order valence-electron chi connectivity index (χ4n) is 5.36. The molecule has 2 amide bonds. The maximum Gasteiger partial charge on any atom is 0.253 e. The standard InChI is InChI=1S/C31H34FN3O6S/c1-2-15-34(42(38,39)27-9-4-3-5-10-27)21-30(36)35(20-23-7-6-8-25(32)18-23)26-13-16-33(17-14-26)31(37)24-11-12-28-29(19-24)41-22-40-28/h3-12,18-19,26H,2,13-17,20-22H2,1H3. The molecular weight excluding hydrogens is 561 g/mol. The Balaban J connectivity index is 1.33. The molecule has 0 atom stereocenters. The van der Waals surface area contributed by atoms with Crippen molar-refractivity contribution in [2.75, 3.05) is 33.0 Å². The molecule has 11 heteroatoms. The van der Waals surface area contributed by atoms with Crippen molar-refractivity contribution in [1.29, 1.82) is 0 Å². The Kier molecular flexibility index (Phi) is 9.08. The van der Waals surface area contributed by atoms with E-state index in [0.717, 1.165) is 0 Å². The molecule has 0 bridgehead atoms. The van der Waals surface area contributed by atoms with Gasteiger partial charge in [0.05, 0.1) is 11.4 Å². The summed E-state index contributed by atoms with van der Waals surface area (Å²) >= 11 is 0. The van der Waals surface area contributed by atoms with Crippen molar-refractivity contribution in [3.63, 3.8) is 0 Å². The minimum atomic E-state index is -3.90. The molecule has 0 spiro atoms. The molecule has 2 aliphatic rings. The lowest BCUT2D eigenvalue weighted by Gasteiger charge is -2.39. The number of sulfonamides is 1. The van der Waals surface area contributed by atoms with Crippen molar-refractivity contribution < 1.29 is 31.9 Å². The van der Waals surface area contributed by atoms with Gasteiger partial charge < -0.3 is 19.3 Å². The second-order valence-corrected chi connectivity index (χ2v) is 12.3. The maximum absolute atomic E-state index is 14.0. The second kappa shape index (κ2) is 12.9. The minimum absolute atomic E-state index is 0.121. The molecule has 0 N–H and O–H groups in total. The summed E-state index contributed by atoms with van der Waals surface area (Å²) in [6.45, 7) is 2.77. The Hall–Kier alpha value is -3.96. The van der Waals surface area contributed by atoms with Crippen LogP contribution >= 0.6 is 0 Å². The highest BCUT2D eigenvalue weighted by Gasteiger charge is 2.33. The maximum atomic E-state index is 14.0. The number of hydrogen-bond donors (Lipinski definition) is 0. The number of hydrogen-bond acceptors (Lipinski definition) is 6. The summed E-state index contributed by atoms with van der Waals surface area (Å²) in [5.74, 6) is 0.210. The molecular formula is C31H34FN3O6S. The number of fused-ring (bicyclic) bond motifs is 1. The van der Waals surface area contributed by atoms with Gasteiger partial charge >= 0.3 is 0 Å². The first kappa shape index (κ1) is 29.5. The smallest absolute Gasteiger partial charge is 0.253 e. The summed E-state index contributed by atoms with van der Waals surface area (Å²) in [5.41, 5.74) is 1.10. The van der Waals surface area contributed by atoms with Crippen LogP contribution in [0.15, 0.2) is 77.7 Å². The lowest BCUT2D eigenvalue weighted by atomic mass is 10.0. The third kappa shape index (κ3) is 6.57. The highest BCUT2D eigenvalue weighted by atomic mass is 32.2. The van der Waals surface area contributed by atoms with Gasteiger partial charge in [-0.25, -0.2) is 12.8 Å². The number of likely N-dealkylation sites (tertiary alicyclic amines) is 1. The fourth-order valence-corrected chi connectivity index (χ4v) is 6.87. The van der Waals surface area contributed by atoms with E-state index >= 15 is 0 Å². The summed E-state index contributed by atoms with van der Waals surface area (Å²) in [7, 11) is -3.90. The van der Waals surface area contributed by atoms with Gasteiger partial charge in [-0.1, -0.05) is 37.3 Å². The molecule has 0 aliphatic carbocycles. The first-order valence-corrected chi connectivity index (χ1v) is 15.5. The molecule has 0 unspecified atom stereocenters. The SMILES string of the molecule is CCCN(CC(=O)N(Cc1cccc(F)c1)C1CCN(C(=O)c2ccc3c(c2)OCO3)CC1)S(=O)(=O)c1ccccc1. The van der Waals surface area contributed by atoms with Crippen LogP contribution in [-0.2, 0) is 21.4 Å². The van der Waals surface area contributed by atoms with Crippen molar-refractivity contribution in [3.8, 4) is 11.5 Å². The van der Waals surface area contributed by atoms with Crippen LogP contribution in [0.3, 0.4) is 0 Å². The zero-order valence-electron chi connectivity index (χ0n) is 23.4. The van der Waals surface area contributed by atoms with E-state index in [1.165, 1.54) is 28.6 Å². The van der Waals surface area contributed by atoms with Crippen LogP contribution in [0.5, 0.6) is 11.5 Å². The van der Waals surface area contributed by atoms with Gasteiger partial charge in [0.15, 0.2) is 11.5 Å². The lowest BCUT2D eigenvalue weighted by Crippen LogP contribution is -2.51. The Labute approximate surface area is 245 Å². The number of benzene rings is 3. The van der Waals surface area contributed by atoms with Crippen molar-refractivity contribution >= 4 is 21.8 Å². The summed E-state index contributed by atoms with van der Waals surface area (Å²) in [6, 6.07) is 18.9. The molecule has 3 aromatic carbocycles. The Morgan fingerprint density at radius 2 is 1.69 bits per heavy atom. The predicted molar refractivity (Wildman–Crippen MR) is 154 cm³/mol. The highest BCUT2D eigenvalue weighted by molar-refractivity contribution is 7.89. The summed E-state index contributed by atoms with van der Waals surface area (Å²) in [6.07, 6.45) is 1.52. The van der Waals surface area contributed by atoms with Gasteiger partial charge in [-0.15, -0.1) is 0 Å². The van der Waals surface area contributed by atoms with Crippen LogP contribution in [0.2, 0.25) is 0 Å². The van der Waals surface area contributed by atoms with Crippen LogP contribution in [0.4, 0.5) is 4.39 Å². The average Bonchev–Trinajstić information content (AvgIpc) is 3.48. The van der Waals surface area contributed by atoms with Crippen LogP contribution in [0, 0.1) is 5.82 Å². The molecule has 3 aromatic rings. The summed E-state index contributed by atoms with van der Waals surface area (Å²) in [4.78, 5) is 30.6. The molecule has 2 heterocycles. The molecule has 1 saturated heterocycles. The predicted octanol–water partition coefficient (Wildman–Crippen LogP) is 4.29.